The predicted molar refractivity (Wildman–Crippen MR) is 108 cm³/mol. The molecular formula is C21H22N6. The molecule has 0 aliphatic heterocycles. The molecule has 0 fully saturated rings. The molecule has 27 heavy (non-hydrogen) atoms. The van der Waals surface area contributed by atoms with Gasteiger partial charge >= 0.3 is 0 Å². The minimum absolute atomic E-state index is 0.520. The Morgan fingerprint density at radius 1 is 1.22 bits per heavy atom. The highest BCUT2D eigenvalue weighted by Gasteiger charge is 2.07. The molecule has 0 amide bonds. The minimum Gasteiger partial charge on any atom is -0.371 e. The van der Waals surface area contributed by atoms with Gasteiger partial charge in [-0.25, -0.2) is 0 Å². The summed E-state index contributed by atoms with van der Waals surface area (Å²) in [6.45, 7) is 5.77. The van der Waals surface area contributed by atoms with Crippen molar-refractivity contribution >= 4 is 11.9 Å². The molecule has 2 aromatic carbocycles. The maximum atomic E-state index is 8.81. The lowest BCUT2D eigenvalue weighted by Gasteiger charge is -2.22. The van der Waals surface area contributed by atoms with E-state index in [1.54, 1.807) is 11.0 Å². The molecule has 6 heteroatoms. The first-order valence-corrected chi connectivity index (χ1v) is 8.95. The van der Waals surface area contributed by atoms with Crippen molar-refractivity contribution in [1.29, 1.82) is 5.26 Å². The Balaban J connectivity index is 1.81. The summed E-state index contributed by atoms with van der Waals surface area (Å²) < 4.78 is 1.67. The molecular weight excluding hydrogens is 336 g/mol. The van der Waals surface area contributed by atoms with E-state index < -0.39 is 0 Å². The van der Waals surface area contributed by atoms with Gasteiger partial charge < -0.3 is 4.90 Å². The second kappa shape index (κ2) is 8.77. The van der Waals surface area contributed by atoms with Gasteiger partial charge in [-0.3, -0.25) is 0 Å². The fourth-order valence-corrected chi connectivity index (χ4v) is 2.87. The highest BCUT2D eigenvalue weighted by molar-refractivity contribution is 5.82. The molecule has 0 N–H and O–H groups in total. The van der Waals surface area contributed by atoms with Crippen LogP contribution in [0.3, 0.4) is 0 Å². The third-order valence-electron chi connectivity index (χ3n) is 4.38. The second-order valence-electron chi connectivity index (χ2n) is 6.14. The predicted octanol–water partition coefficient (Wildman–Crippen LogP) is 3.88. The van der Waals surface area contributed by atoms with Crippen LogP contribution in [0.25, 0.3) is 11.4 Å². The van der Waals surface area contributed by atoms with E-state index >= 15 is 0 Å². The molecule has 3 aromatic rings. The third-order valence-corrected chi connectivity index (χ3v) is 4.38. The van der Waals surface area contributed by atoms with Gasteiger partial charge in [-0.2, -0.15) is 15.0 Å². The molecule has 0 unspecified atom stereocenters. The first-order chi connectivity index (χ1) is 13.2. The van der Waals surface area contributed by atoms with Crippen molar-refractivity contribution in [3.05, 3.63) is 66.0 Å². The van der Waals surface area contributed by atoms with Crippen LogP contribution >= 0.6 is 0 Å². The molecule has 0 aliphatic rings. The SMILES string of the molecule is CCN(CCC#N)c1ccc(/C=N\n2cnnc2-c2ccccc2)c(C)c1. The average Bonchev–Trinajstić information content (AvgIpc) is 3.17. The molecule has 0 saturated heterocycles. The first kappa shape index (κ1) is 18.3. The Hall–Kier alpha value is -3.46. The fraction of sp³-hybridized carbons (Fsp3) is 0.238. The van der Waals surface area contributed by atoms with Gasteiger partial charge in [-0.15, -0.1) is 10.2 Å². The zero-order chi connectivity index (χ0) is 19.1. The molecule has 1 heterocycles. The number of anilines is 1. The first-order valence-electron chi connectivity index (χ1n) is 8.95. The summed E-state index contributed by atoms with van der Waals surface area (Å²) in [4.78, 5) is 2.20. The van der Waals surface area contributed by atoms with Gasteiger partial charge in [-0.05, 0) is 37.1 Å². The number of nitriles is 1. The van der Waals surface area contributed by atoms with Gasteiger partial charge in [0.05, 0.1) is 18.7 Å². The maximum absolute atomic E-state index is 8.81. The van der Waals surface area contributed by atoms with Crippen LogP contribution in [0.2, 0.25) is 0 Å². The van der Waals surface area contributed by atoms with Crippen LogP contribution in [0.1, 0.15) is 24.5 Å². The monoisotopic (exact) mass is 358 g/mol. The number of aryl methyl sites for hydroxylation is 1. The van der Waals surface area contributed by atoms with Gasteiger partial charge in [0.2, 0.25) is 0 Å². The zero-order valence-electron chi connectivity index (χ0n) is 15.6. The van der Waals surface area contributed by atoms with Crippen molar-refractivity contribution in [2.75, 3.05) is 18.0 Å². The molecule has 136 valence electrons. The van der Waals surface area contributed by atoms with E-state index in [9.17, 15) is 0 Å². The summed E-state index contributed by atoms with van der Waals surface area (Å²) in [5, 5.41) is 21.5. The summed E-state index contributed by atoms with van der Waals surface area (Å²) in [5.41, 5.74) is 4.25. The molecule has 0 aliphatic carbocycles. The molecule has 0 bridgehead atoms. The second-order valence-corrected chi connectivity index (χ2v) is 6.14. The highest BCUT2D eigenvalue weighted by Crippen LogP contribution is 2.19. The molecule has 3 rings (SSSR count). The third kappa shape index (κ3) is 4.39. The van der Waals surface area contributed by atoms with E-state index in [-0.39, 0.29) is 0 Å². The maximum Gasteiger partial charge on any atom is 0.184 e. The van der Waals surface area contributed by atoms with Crippen LogP contribution in [0.15, 0.2) is 60.0 Å². The summed E-state index contributed by atoms with van der Waals surface area (Å²) >= 11 is 0. The van der Waals surface area contributed by atoms with E-state index in [1.165, 1.54) is 0 Å². The largest absolute Gasteiger partial charge is 0.371 e. The van der Waals surface area contributed by atoms with Crippen molar-refractivity contribution in [2.45, 2.75) is 20.3 Å². The number of benzene rings is 2. The lowest BCUT2D eigenvalue weighted by Crippen LogP contribution is -2.23. The van der Waals surface area contributed by atoms with Crippen molar-refractivity contribution in [1.82, 2.24) is 14.9 Å². The standard InChI is InChI=1S/C21H22N6/c1-3-26(13-7-12-22)20-11-10-19(17(2)14-20)15-24-27-16-23-25-21(27)18-8-5-4-6-9-18/h4-6,8-11,14-16H,3,7,13H2,1-2H3/b24-15-. The fourth-order valence-electron chi connectivity index (χ4n) is 2.87. The van der Waals surface area contributed by atoms with Gasteiger partial charge in [0, 0.05) is 24.3 Å². The van der Waals surface area contributed by atoms with Gasteiger partial charge in [0.25, 0.3) is 0 Å². The number of hydrogen-bond donors (Lipinski definition) is 0. The van der Waals surface area contributed by atoms with E-state index in [2.05, 4.69) is 58.3 Å². The smallest absolute Gasteiger partial charge is 0.184 e. The molecule has 0 spiro atoms. The number of aromatic nitrogens is 3. The van der Waals surface area contributed by atoms with Crippen molar-refractivity contribution in [3.63, 3.8) is 0 Å². The summed E-state index contributed by atoms with van der Waals surface area (Å²) in [6.07, 6.45) is 3.94. The topological polar surface area (TPSA) is 70.1 Å². The van der Waals surface area contributed by atoms with E-state index in [1.807, 2.05) is 36.5 Å². The molecule has 6 nitrogen and oxygen atoms in total. The number of rotatable bonds is 7. The Kier molecular flexibility index (Phi) is 5.95. The van der Waals surface area contributed by atoms with Crippen LogP contribution in [-0.4, -0.2) is 34.2 Å². The van der Waals surface area contributed by atoms with Gasteiger partial charge in [-0.1, -0.05) is 36.4 Å². The van der Waals surface area contributed by atoms with Crippen molar-refractivity contribution in [2.24, 2.45) is 5.10 Å². The summed E-state index contributed by atoms with van der Waals surface area (Å²) in [7, 11) is 0. The number of hydrogen-bond acceptors (Lipinski definition) is 5. The Bertz CT molecular complexity index is 952. The van der Waals surface area contributed by atoms with Crippen molar-refractivity contribution < 1.29 is 0 Å². The van der Waals surface area contributed by atoms with Gasteiger partial charge in [0.15, 0.2) is 5.82 Å². The van der Waals surface area contributed by atoms with Crippen LogP contribution in [0.4, 0.5) is 5.69 Å². The molecule has 0 saturated carbocycles. The Morgan fingerprint density at radius 2 is 2.04 bits per heavy atom. The minimum atomic E-state index is 0.520. The Morgan fingerprint density at radius 3 is 2.74 bits per heavy atom. The normalized spacial score (nSPS) is 10.9. The lowest BCUT2D eigenvalue weighted by molar-refractivity contribution is 0.826. The van der Waals surface area contributed by atoms with E-state index in [0.717, 1.165) is 35.5 Å². The van der Waals surface area contributed by atoms with Crippen LogP contribution in [0.5, 0.6) is 0 Å². The van der Waals surface area contributed by atoms with E-state index in [0.29, 0.717) is 12.2 Å². The van der Waals surface area contributed by atoms with Crippen molar-refractivity contribution in [3.8, 4) is 17.5 Å². The van der Waals surface area contributed by atoms with E-state index in [4.69, 9.17) is 5.26 Å². The quantitative estimate of drug-likeness (QED) is 0.601. The zero-order valence-corrected chi connectivity index (χ0v) is 15.6. The Labute approximate surface area is 159 Å². The molecule has 0 radical (unpaired) electrons. The highest BCUT2D eigenvalue weighted by atomic mass is 15.4. The molecule has 0 atom stereocenters. The molecule has 1 aromatic heterocycles. The van der Waals surface area contributed by atoms with Crippen LogP contribution in [0, 0.1) is 18.3 Å². The summed E-state index contributed by atoms with van der Waals surface area (Å²) in [5.74, 6) is 0.704. The number of nitrogens with zero attached hydrogens (tertiary/aromatic N) is 6. The van der Waals surface area contributed by atoms with Crippen LogP contribution < -0.4 is 4.90 Å². The van der Waals surface area contributed by atoms with Gasteiger partial charge in [0.1, 0.15) is 6.33 Å². The van der Waals surface area contributed by atoms with Crippen LogP contribution in [-0.2, 0) is 0 Å². The lowest BCUT2D eigenvalue weighted by atomic mass is 10.1. The summed E-state index contributed by atoms with van der Waals surface area (Å²) in [6, 6.07) is 18.3. The average molecular weight is 358 g/mol.